The number of aromatic nitrogens is 6. The summed E-state index contributed by atoms with van der Waals surface area (Å²) in [5.74, 6) is 1.33. The molecule has 8 heteroatoms. The fourth-order valence-electron chi connectivity index (χ4n) is 1.99. The van der Waals surface area contributed by atoms with Gasteiger partial charge in [0.25, 0.3) is 5.78 Å². The van der Waals surface area contributed by atoms with E-state index in [0.717, 1.165) is 30.9 Å². The topological polar surface area (TPSA) is 72.9 Å². The van der Waals surface area contributed by atoms with Gasteiger partial charge in [-0.05, 0) is 19.4 Å². The standard InChI is InChI=1S/C12H14ClN7/c1-9-10(13)18-12-15-8-17-20(12)11(9)14-4-2-6-19-7-3-5-16-19/h3,5,7-8,14H,2,4,6H2,1H3. The average Bonchev–Trinajstić information content (AvgIpc) is 3.09. The third-order valence-corrected chi connectivity index (χ3v) is 3.39. The quantitative estimate of drug-likeness (QED) is 0.573. The largest absolute Gasteiger partial charge is 0.370 e. The van der Waals surface area contributed by atoms with E-state index in [0.29, 0.717) is 10.9 Å². The van der Waals surface area contributed by atoms with Crippen molar-refractivity contribution in [2.45, 2.75) is 19.9 Å². The lowest BCUT2D eigenvalue weighted by atomic mass is 10.3. The van der Waals surface area contributed by atoms with Gasteiger partial charge in [-0.15, -0.1) is 0 Å². The van der Waals surface area contributed by atoms with Crippen LogP contribution in [0.3, 0.4) is 0 Å². The number of anilines is 1. The molecule has 0 spiro atoms. The highest BCUT2D eigenvalue weighted by molar-refractivity contribution is 6.30. The van der Waals surface area contributed by atoms with E-state index < -0.39 is 0 Å². The van der Waals surface area contributed by atoms with Gasteiger partial charge in [0.1, 0.15) is 17.3 Å². The maximum absolute atomic E-state index is 6.10. The molecule has 0 radical (unpaired) electrons. The number of hydrogen-bond acceptors (Lipinski definition) is 5. The molecule has 3 aromatic heterocycles. The number of fused-ring (bicyclic) bond motifs is 1. The zero-order valence-electron chi connectivity index (χ0n) is 11.0. The van der Waals surface area contributed by atoms with Crippen molar-refractivity contribution in [1.29, 1.82) is 0 Å². The maximum Gasteiger partial charge on any atom is 0.255 e. The van der Waals surface area contributed by atoms with Crippen molar-refractivity contribution in [1.82, 2.24) is 29.4 Å². The smallest absolute Gasteiger partial charge is 0.255 e. The summed E-state index contributed by atoms with van der Waals surface area (Å²) in [6.45, 7) is 3.56. The van der Waals surface area contributed by atoms with E-state index in [2.05, 4.69) is 25.5 Å². The van der Waals surface area contributed by atoms with Gasteiger partial charge in [0, 0.05) is 31.0 Å². The van der Waals surface area contributed by atoms with Crippen molar-refractivity contribution in [2.24, 2.45) is 0 Å². The van der Waals surface area contributed by atoms with Crippen LogP contribution in [0.4, 0.5) is 5.82 Å². The van der Waals surface area contributed by atoms with Crippen LogP contribution < -0.4 is 5.32 Å². The molecule has 0 amide bonds. The molecule has 0 bridgehead atoms. The Kier molecular flexibility index (Phi) is 3.51. The number of nitrogens with zero attached hydrogens (tertiary/aromatic N) is 6. The predicted octanol–water partition coefficient (Wildman–Crippen LogP) is 1.78. The molecule has 3 heterocycles. The van der Waals surface area contributed by atoms with Crippen LogP contribution >= 0.6 is 11.6 Å². The summed E-state index contributed by atoms with van der Waals surface area (Å²) in [6, 6.07) is 1.92. The molecule has 0 aliphatic heterocycles. The normalized spacial score (nSPS) is 11.1. The number of halogens is 1. The monoisotopic (exact) mass is 291 g/mol. The molecule has 3 aromatic rings. The number of rotatable bonds is 5. The van der Waals surface area contributed by atoms with Gasteiger partial charge in [-0.1, -0.05) is 11.6 Å². The Hall–Kier alpha value is -2.15. The van der Waals surface area contributed by atoms with Gasteiger partial charge < -0.3 is 5.32 Å². The van der Waals surface area contributed by atoms with E-state index in [1.165, 1.54) is 6.33 Å². The minimum Gasteiger partial charge on any atom is -0.370 e. The number of hydrogen-bond donors (Lipinski definition) is 1. The van der Waals surface area contributed by atoms with Crippen LogP contribution in [0.15, 0.2) is 24.8 Å². The Labute approximate surface area is 120 Å². The van der Waals surface area contributed by atoms with Crippen molar-refractivity contribution < 1.29 is 0 Å². The van der Waals surface area contributed by atoms with Gasteiger partial charge in [0.05, 0.1) is 0 Å². The molecule has 7 nitrogen and oxygen atoms in total. The zero-order valence-corrected chi connectivity index (χ0v) is 11.7. The molecular formula is C12H14ClN7. The van der Waals surface area contributed by atoms with Crippen molar-refractivity contribution in [3.63, 3.8) is 0 Å². The van der Waals surface area contributed by atoms with E-state index in [-0.39, 0.29) is 0 Å². The maximum atomic E-state index is 6.10. The molecule has 1 N–H and O–H groups in total. The number of aryl methyl sites for hydroxylation is 1. The van der Waals surface area contributed by atoms with Crippen LogP contribution in [-0.4, -0.2) is 35.9 Å². The second-order valence-corrected chi connectivity index (χ2v) is 4.76. The Morgan fingerprint density at radius 2 is 2.25 bits per heavy atom. The van der Waals surface area contributed by atoms with Crippen LogP contribution in [0.1, 0.15) is 12.0 Å². The Morgan fingerprint density at radius 1 is 1.35 bits per heavy atom. The first-order chi connectivity index (χ1) is 9.75. The molecule has 0 aromatic carbocycles. The summed E-state index contributed by atoms with van der Waals surface area (Å²) in [4.78, 5) is 8.22. The molecule has 0 fully saturated rings. The molecule has 0 aliphatic rings. The van der Waals surface area contributed by atoms with Crippen molar-refractivity contribution in [2.75, 3.05) is 11.9 Å². The summed E-state index contributed by atoms with van der Waals surface area (Å²) < 4.78 is 3.56. The lowest BCUT2D eigenvalue weighted by molar-refractivity contribution is 0.591. The fourth-order valence-corrected chi connectivity index (χ4v) is 2.15. The Balaban J connectivity index is 1.70. The SMILES string of the molecule is Cc1c(Cl)nc2ncnn2c1NCCCn1cccn1. The minimum atomic E-state index is 0.445. The van der Waals surface area contributed by atoms with E-state index in [4.69, 9.17) is 11.6 Å². The molecule has 0 unspecified atom stereocenters. The zero-order chi connectivity index (χ0) is 13.9. The minimum absolute atomic E-state index is 0.445. The van der Waals surface area contributed by atoms with Crippen LogP contribution in [0.25, 0.3) is 5.78 Å². The fraction of sp³-hybridized carbons (Fsp3) is 0.333. The van der Waals surface area contributed by atoms with Gasteiger partial charge in [-0.25, -0.2) is 0 Å². The van der Waals surface area contributed by atoms with E-state index in [1.54, 1.807) is 10.7 Å². The molecule has 104 valence electrons. The van der Waals surface area contributed by atoms with Gasteiger partial charge in [0.15, 0.2) is 0 Å². The highest BCUT2D eigenvalue weighted by Crippen LogP contribution is 2.21. The first kappa shape index (κ1) is 12.9. The Bertz CT molecular complexity index is 704. The lowest BCUT2D eigenvalue weighted by Gasteiger charge is -2.11. The first-order valence-electron chi connectivity index (χ1n) is 6.33. The van der Waals surface area contributed by atoms with Gasteiger partial charge in [0.2, 0.25) is 0 Å². The van der Waals surface area contributed by atoms with Gasteiger partial charge in [-0.3, -0.25) is 4.68 Å². The first-order valence-corrected chi connectivity index (χ1v) is 6.70. The van der Waals surface area contributed by atoms with Crippen LogP contribution in [-0.2, 0) is 6.54 Å². The van der Waals surface area contributed by atoms with E-state index in [9.17, 15) is 0 Å². The second kappa shape index (κ2) is 5.46. The van der Waals surface area contributed by atoms with Gasteiger partial charge in [-0.2, -0.15) is 24.7 Å². The highest BCUT2D eigenvalue weighted by Gasteiger charge is 2.11. The van der Waals surface area contributed by atoms with Gasteiger partial charge >= 0.3 is 0 Å². The summed E-state index contributed by atoms with van der Waals surface area (Å²) in [5.41, 5.74) is 0.865. The summed E-state index contributed by atoms with van der Waals surface area (Å²) >= 11 is 6.10. The molecule has 0 saturated heterocycles. The van der Waals surface area contributed by atoms with Crippen LogP contribution in [0.5, 0.6) is 0 Å². The van der Waals surface area contributed by atoms with Crippen molar-refractivity contribution in [3.05, 3.63) is 35.5 Å². The van der Waals surface area contributed by atoms with Crippen LogP contribution in [0, 0.1) is 6.92 Å². The van der Waals surface area contributed by atoms with Crippen molar-refractivity contribution >= 4 is 23.2 Å². The highest BCUT2D eigenvalue weighted by atomic mass is 35.5. The van der Waals surface area contributed by atoms with Crippen LogP contribution in [0.2, 0.25) is 5.15 Å². The molecule has 0 atom stereocenters. The van der Waals surface area contributed by atoms with E-state index in [1.807, 2.05) is 23.9 Å². The Morgan fingerprint density at radius 3 is 3.05 bits per heavy atom. The molecule has 3 rings (SSSR count). The second-order valence-electron chi connectivity index (χ2n) is 4.40. The third-order valence-electron chi connectivity index (χ3n) is 3.02. The lowest BCUT2D eigenvalue weighted by Crippen LogP contribution is -2.12. The molecule has 0 aliphatic carbocycles. The number of nitrogens with one attached hydrogen (secondary N) is 1. The average molecular weight is 292 g/mol. The predicted molar refractivity (Wildman–Crippen MR) is 75.9 cm³/mol. The molecule has 0 saturated carbocycles. The van der Waals surface area contributed by atoms with Crippen molar-refractivity contribution in [3.8, 4) is 0 Å². The summed E-state index contributed by atoms with van der Waals surface area (Å²) in [6.07, 6.45) is 6.13. The van der Waals surface area contributed by atoms with E-state index >= 15 is 0 Å². The summed E-state index contributed by atoms with van der Waals surface area (Å²) in [5, 5.41) is 12.1. The molecular weight excluding hydrogens is 278 g/mol. The summed E-state index contributed by atoms with van der Waals surface area (Å²) in [7, 11) is 0. The molecule has 20 heavy (non-hydrogen) atoms. The third kappa shape index (κ3) is 2.44.